The monoisotopic (exact) mass is 549 g/mol. The first-order valence-electron chi connectivity index (χ1n) is 12.6. The number of aromatic amines is 1. The molecule has 5 N–H and O–H groups in total. The van der Waals surface area contributed by atoms with E-state index in [2.05, 4.69) is 20.6 Å². The van der Waals surface area contributed by atoms with Crippen LogP contribution in [0.2, 0.25) is 0 Å². The molecule has 200 valence electrons. The molecule has 0 unspecified atom stereocenters. The van der Waals surface area contributed by atoms with Crippen molar-refractivity contribution in [1.82, 2.24) is 15.3 Å². The molecule has 40 heavy (non-hydrogen) atoms. The fourth-order valence-electron chi connectivity index (χ4n) is 4.71. The summed E-state index contributed by atoms with van der Waals surface area (Å²) in [6.45, 7) is 4.07. The van der Waals surface area contributed by atoms with Gasteiger partial charge in [-0.25, -0.2) is 4.98 Å². The number of hydrogen-bond acceptors (Lipinski definition) is 5. The molecule has 0 atom stereocenters. The molecule has 0 saturated carbocycles. The Morgan fingerprint density at radius 1 is 1.02 bits per heavy atom. The van der Waals surface area contributed by atoms with Crippen molar-refractivity contribution in [3.05, 3.63) is 106 Å². The number of nitrogens with one attached hydrogen (secondary N) is 3. The first kappa shape index (κ1) is 26.6. The molecule has 3 aromatic carbocycles. The zero-order valence-corrected chi connectivity index (χ0v) is 22.8. The van der Waals surface area contributed by atoms with Crippen LogP contribution in [0.25, 0.3) is 33.3 Å². The van der Waals surface area contributed by atoms with Crippen LogP contribution in [-0.4, -0.2) is 27.7 Å². The largest absolute Gasteiger partial charge is 0.366 e. The van der Waals surface area contributed by atoms with Gasteiger partial charge in [-0.05, 0) is 60.4 Å². The molecule has 9 heteroatoms. The number of primary amides is 1. The topological polar surface area (TPSA) is 130 Å². The minimum atomic E-state index is -0.543. The Morgan fingerprint density at radius 2 is 1.82 bits per heavy atom. The molecular weight excluding hydrogens is 522 g/mol. The number of amides is 3. The summed E-state index contributed by atoms with van der Waals surface area (Å²) in [5, 5.41) is 8.81. The number of hydrogen-bond donors (Lipinski definition) is 4. The normalized spacial score (nSPS) is 11.2. The smallest absolute Gasteiger partial charge is 0.284 e. The van der Waals surface area contributed by atoms with E-state index in [4.69, 9.17) is 5.73 Å². The van der Waals surface area contributed by atoms with Crippen molar-refractivity contribution in [2.75, 3.05) is 5.32 Å². The van der Waals surface area contributed by atoms with Crippen LogP contribution in [0.4, 0.5) is 5.69 Å². The maximum Gasteiger partial charge on any atom is 0.284 e. The summed E-state index contributed by atoms with van der Waals surface area (Å²) < 4.78 is 0. The fourth-order valence-corrected chi connectivity index (χ4v) is 5.24. The maximum atomic E-state index is 12.7. The molecule has 0 saturated heterocycles. The van der Waals surface area contributed by atoms with E-state index in [9.17, 15) is 14.4 Å². The second-order valence-corrected chi connectivity index (χ2v) is 10.0. The fraction of sp³-hybridized carbons (Fsp3) is 0.0968. The minimum absolute atomic E-state index is 0.176. The van der Waals surface area contributed by atoms with Crippen molar-refractivity contribution in [3.63, 3.8) is 0 Å². The number of anilines is 1. The van der Waals surface area contributed by atoms with E-state index in [1.165, 1.54) is 17.4 Å². The zero-order chi connectivity index (χ0) is 28.2. The summed E-state index contributed by atoms with van der Waals surface area (Å²) in [6.07, 6.45) is 4.76. The predicted octanol–water partition coefficient (Wildman–Crippen LogP) is 5.81. The van der Waals surface area contributed by atoms with E-state index < -0.39 is 5.91 Å². The molecule has 5 rings (SSSR count). The number of fused-ring (bicyclic) bond motifs is 1. The molecule has 0 radical (unpaired) electrons. The molecule has 0 fully saturated rings. The van der Waals surface area contributed by atoms with Crippen molar-refractivity contribution >= 4 is 45.6 Å². The Morgan fingerprint density at radius 3 is 2.58 bits per heavy atom. The van der Waals surface area contributed by atoms with Gasteiger partial charge in [0.2, 0.25) is 5.91 Å². The molecule has 2 aromatic heterocycles. The van der Waals surface area contributed by atoms with Crippen molar-refractivity contribution < 1.29 is 14.4 Å². The van der Waals surface area contributed by atoms with Crippen LogP contribution in [0.15, 0.2) is 84.4 Å². The number of nitrogens with two attached hydrogens (primary N) is 1. The van der Waals surface area contributed by atoms with Crippen LogP contribution in [0.5, 0.6) is 0 Å². The van der Waals surface area contributed by atoms with E-state index >= 15 is 0 Å². The first-order chi connectivity index (χ1) is 19.4. The number of rotatable bonds is 8. The minimum Gasteiger partial charge on any atom is -0.366 e. The number of thiazole rings is 1. The summed E-state index contributed by atoms with van der Waals surface area (Å²) in [7, 11) is 0. The lowest BCUT2D eigenvalue weighted by atomic mass is 9.94. The highest BCUT2D eigenvalue weighted by molar-refractivity contribution is 7.11. The van der Waals surface area contributed by atoms with Crippen molar-refractivity contribution in [2.45, 2.75) is 20.4 Å². The molecule has 0 aliphatic heterocycles. The van der Waals surface area contributed by atoms with Gasteiger partial charge in [0.25, 0.3) is 11.8 Å². The molecule has 2 heterocycles. The third kappa shape index (κ3) is 5.27. The first-order valence-corrected chi connectivity index (χ1v) is 13.5. The van der Waals surface area contributed by atoms with E-state index in [-0.39, 0.29) is 11.8 Å². The summed E-state index contributed by atoms with van der Waals surface area (Å²) in [5.41, 5.74) is 12.6. The zero-order valence-electron chi connectivity index (χ0n) is 21.9. The van der Waals surface area contributed by atoms with Crippen LogP contribution in [0.3, 0.4) is 0 Å². The molecule has 0 bridgehead atoms. The van der Waals surface area contributed by atoms with Gasteiger partial charge < -0.3 is 21.4 Å². The van der Waals surface area contributed by atoms with Crippen LogP contribution in [-0.2, 0) is 11.3 Å². The Labute approximate surface area is 235 Å². The van der Waals surface area contributed by atoms with Gasteiger partial charge in [-0.3, -0.25) is 14.4 Å². The second-order valence-electron chi connectivity index (χ2n) is 9.14. The quantitative estimate of drug-likeness (QED) is 0.182. The van der Waals surface area contributed by atoms with E-state index in [1.54, 1.807) is 30.6 Å². The lowest BCUT2D eigenvalue weighted by molar-refractivity contribution is -0.116. The predicted molar refractivity (Wildman–Crippen MR) is 159 cm³/mol. The molecule has 3 amide bonds. The molecular formula is C31H27N5O3S. The summed E-state index contributed by atoms with van der Waals surface area (Å²) in [4.78, 5) is 44.6. The average Bonchev–Trinajstić information content (AvgIpc) is 3.64. The standard InChI is InChI=1S/C31H27N5O3S/c1-3-7-27(37)34-17-19-8-4-5-9-21(19)26-16-24-22(12-13-23(29(32)38)28(24)35-26)20-10-6-11-25(18(20)2)36-30(39)31-33-14-15-40-31/h3-16,35H,17H2,1-2H3,(H2,32,38)(H,34,37)(H,36,39). The molecule has 5 aromatic rings. The van der Waals surface area contributed by atoms with Gasteiger partial charge in [0.1, 0.15) is 0 Å². The Kier molecular flexibility index (Phi) is 7.56. The van der Waals surface area contributed by atoms with Gasteiger partial charge in [0, 0.05) is 40.5 Å². The molecule has 0 aliphatic rings. The van der Waals surface area contributed by atoms with Gasteiger partial charge in [0.05, 0.1) is 11.1 Å². The lowest BCUT2D eigenvalue weighted by Crippen LogP contribution is -2.20. The number of H-pyrrole nitrogens is 1. The molecule has 0 spiro atoms. The second kappa shape index (κ2) is 11.4. The molecule has 0 aliphatic carbocycles. The van der Waals surface area contributed by atoms with Crippen molar-refractivity contribution in [2.24, 2.45) is 5.73 Å². The van der Waals surface area contributed by atoms with Gasteiger partial charge in [-0.1, -0.05) is 48.5 Å². The van der Waals surface area contributed by atoms with E-state index in [0.717, 1.165) is 38.9 Å². The third-order valence-corrected chi connectivity index (χ3v) is 7.41. The Hall–Kier alpha value is -5.02. The van der Waals surface area contributed by atoms with Gasteiger partial charge >= 0.3 is 0 Å². The highest BCUT2D eigenvalue weighted by Gasteiger charge is 2.19. The number of carbonyl (C=O) groups excluding carboxylic acids is 3. The maximum absolute atomic E-state index is 12.7. The Bertz CT molecular complexity index is 1770. The molecule has 8 nitrogen and oxygen atoms in total. The SMILES string of the molecule is CC=CC(=O)NCc1ccccc1-c1cc2c(-c3cccc(NC(=O)c4nccs4)c3C)ccc(C(N)=O)c2[nH]1. The highest BCUT2D eigenvalue weighted by Crippen LogP contribution is 2.38. The number of benzene rings is 3. The van der Waals surface area contributed by atoms with Crippen LogP contribution in [0, 0.1) is 6.92 Å². The van der Waals surface area contributed by atoms with Gasteiger partial charge in [-0.15, -0.1) is 11.3 Å². The lowest BCUT2D eigenvalue weighted by Gasteiger charge is -2.14. The van der Waals surface area contributed by atoms with Gasteiger partial charge in [-0.2, -0.15) is 0 Å². The number of carbonyl (C=O) groups is 3. The summed E-state index contributed by atoms with van der Waals surface area (Å²) in [6, 6.07) is 19.0. The summed E-state index contributed by atoms with van der Waals surface area (Å²) >= 11 is 1.27. The number of allylic oxidation sites excluding steroid dienone is 1. The summed E-state index contributed by atoms with van der Waals surface area (Å²) in [5.74, 6) is -0.992. The van der Waals surface area contributed by atoms with E-state index in [0.29, 0.717) is 28.3 Å². The highest BCUT2D eigenvalue weighted by atomic mass is 32.1. The van der Waals surface area contributed by atoms with Crippen LogP contribution >= 0.6 is 11.3 Å². The number of nitrogens with zero attached hydrogens (tertiary/aromatic N) is 1. The number of aromatic nitrogens is 2. The average molecular weight is 550 g/mol. The van der Waals surface area contributed by atoms with Crippen LogP contribution in [0.1, 0.15) is 38.2 Å². The van der Waals surface area contributed by atoms with E-state index in [1.807, 2.05) is 61.5 Å². The van der Waals surface area contributed by atoms with Crippen LogP contribution < -0.4 is 16.4 Å². The third-order valence-electron chi connectivity index (χ3n) is 6.64. The van der Waals surface area contributed by atoms with Gasteiger partial charge in [0.15, 0.2) is 5.01 Å². The van der Waals surface area contributed by atoms with Crippen molar-refractivity contribution in [3.8, 4) is 22.4 Å². The van der Waals surface area contributed by atoms with Crippen molar-refractivity contribution in [1.29, 1.82) is 0 Å². The Balaban J connectivity index is 1.59.